The van der Waals surface area contributed by atoms with E-state index in [0.717, 1.165) is 60.9 Å². The van der Waals surface area contributed by atoms with E-state index >= 15 is 0 Å². The highest BCUT2D eigenvalue weighted by Crippen LogP contribution is 2.38. The number of fused-ring (bicyclic) bond motifs is 3. The van der Waals surface area contributed by atoms with Crippen molar-refractivity contribution in [3.63, 3.8) is 0 Å². The molecular formula is C21H25N5O2S2. The molecule has 30 heavy (non-hydrogen) atoms. The van der Waals surface area contributed by atoms with Gasteiger partial charge in [0.15, 0.2) is 5.16 Å². The zero-order chi connectivity index (χ0) is 20.8. The zero-order valence-corrected chi connectivity index (χ0v) is 18.9. The van der Waals surface area contributed by atoms with Crippen LogP contribution in [0.4, 0.5) is 5.82 Å². The van der Waals surface area contributed by atoms with E-state index in [1.165, 1.54) is 22.2 Å². The molecule has 0 unspecified atom stereocenters. The molecule has 0 spiro atoms. The number of nitrogens with zero attached hydrogens (tertiary/aromatic N) is 4. The molecule has 0 aromatic carbocycles. The summed E-state index contributed by atoms with van der Waals surface area (Å²) in [4.78, 5) is 33.1. The lowest BCUT2D eigenvalue weighted by atomic mass is 10.2. The molecule has 7 nitrogen and oxygen atoms in total. The lowest BCUT2D eigenvalue weighted by molar-refractivity contribution is -0.113. The standard InChI is InChI=1S/C21H25N5O2S2/c1-12-10-16(25(2)24-12)22-17(27)11-29-21-23-19-18(14-8-5-9-15(14)30-19)20(28)26(21)13-6-3-4-7-13/h10,13H,3-9,11H2,1-2H3,(H,22,27). The first kappa shape index (κ1) is 19.8. The number of hydrogen-bond acceptors (Lipinski definition) is 6. The summed E-state index contributed by atoms with van der Waals surface area (Å²) in [6, 6.07) is 2.03. The van der Waals surface area contributed by atoms with Crippen molar-refractivity contribution in [1.29, 1.82) is 0 Å². The van der Waals surface area contributed by atoms with Gasteiger partial charge in [0, 0.05) is 24.0 Å². The third kappa shape index (κ3) is 3.47. The third-order valence-electron chi connectivity index (χ3n) is 6.03. The molecule has 9 heteroatoms. The van der Waals surface area contributed by atoms with Crippen LogP contribution < -0.4 is 10.9 Å². The third-order valence-corrected chi connectivity index (χ3v) is 8.17. The predicted octanol–water partition coefficient (Wildman–Crippen LogP) is 3.83. The van der Waals surface area contributed by atoms with Crippen LogP contribution >= 0.6 is 23.1 Å². The number of rotatable bonds is 5. The molecule has 2 aliphatic rings. The van der Waals surface area contributed by atoms with Crippen LogP contribution in [0.25, 0.3) is 10.2 Å². The normalized spacial score (nSPS) is 16.5. The van der Waals surface area contributed by atoms with E-state index in [1.54, 1.807) is 23.1 Å². The molecule has 2 aliphatic carbocycles. The second-order valence-electron chi connectivity index (χ2n) is 8.18. The number of aryl methyl sites for hydroxylation is 4. The largest absolute Gasteiger partial charge is 0.310 e. The van der Waals surface area contributed by atoms with Crippen molar-refractivity contribution in [2.75, 3.05) is 11.1 Å². The lowest BCUT2D eigenvalue weighted by Crippen LogP contribution is -2.27. The molecule has 1 fully saturated rings. The van der Waals surface area contributed by atoms with Gasteiger partial charge in [0.25, 0.3) is 5.56 Å². The highest BCUT2D eigenvalue weighted by atomic mass is 32.2. The molecule has 0 bridgehead atoms. The zero-order valence-electron chi connectivity index (χ0n) is 17.2. The number of thioether (sulfide) groups is 1. The average Bonchev–Trinajstić information content (AvgIpc) is 3.46. The summed E-state index contributed by atoms with van der Waals surface area (Å²) < 4.78 is 3.55. The van der Waals surface area contributed by atoms with Crippen molar-refractivity contribution in [3.05, 3.63) is 32.6 Å². The van der Waals surface area contributed by atoms with Gasteiger partial charge in [-0.1, -0.05) is 24.6 Å². The smallest absolute Gasteiger partial charge is 0.263 e. The number of nitrogens with one attached hydrogen (secondary N) is 1. The van der Waals surface area contributed by atoms with Crippen molar-refractivity contribution in [2.45, 2.75) is 63.1 Å². The van der Waals surface area contributed by atoms with Gasteiger partial charge in [-0.2, -0.15) is 5.10 Å². The molecule has 5 rings (SSSR count). The molecule has 1 N–H and O–H groups in total. The van der Waals surface area contributed by atoms with E-state index in [4.69, 9.17) is 4.98 Å². The average molecular weight is 444 g/mol. The second-order valence-corrected chi connectivity index (χ2v) is 10.2. The van der Waals surface area contributed by atoms with Gasteiger partial charge in [0.1, 0.15) is 10.6 Å². The van der Waals surface area contributed by atoms with Crippen LogP contribution in [0, 0.1) is 6.92 Å². The van der Waals surface area contributed by atoms with E-state index in [9.17, 15) is 9.59 Å². The van der Waals surface area contributed by atoms with E-state index < -0.39 is 0 Å². The van der Waals surface area contributed by atoms with Gasteiger partial charge in [0.2, 0.25) is 5.91 Å². The molecule has 158 valence electrons. The van der Waals surface area contributed by atoms with Crippen molar-refractivity contribution in [3.8, 4) is 0 Å². The molecule has 1 saturated carbocycles. The molecule has 0 radical (unpaired) electrons. The molecule has 3 aromatic rings. The Kier molecular flexibility index (Phi) is 5.18. The van der Waals surface area contributed by atoms with Crippen LogP contribution in [-0.4, -0.2) is 31.0 Å². The Bertz CT molecular complexity index is 1190. The Labute approximate surface area is 182 Å². The van der Waals surface area contributed by atoms with Crippen molar-refractivity contribution >= 4 is 45.0 Å². The van der Waals surface area contributed by atoms with Crippen LogP contribution in [0.3, 0.4) is 0 Å². The van der Waals surface area contributed by atoms with Gasteiger partial charge in [-0.05, 0) is 44.6 Å². The maximum atomic E-state index is 13.5. The molecule has 3 aromatic heterocycles. The maximum absolute atomic E-state index is 13.5. The van der Waals surface area contributed by atoms with Crippen molar-refractivity contribution in [2.24, 2.45) is 7.05 Å². The molecule has 0 saturated heterocycles. The van der Waals surface area contributed by atoms with E-state index in [2.05, 4.69) is 10.4 Å². The summed E-state index contributed by atoms with van der Waals surface area (Å²) >= 11 is 3.02. The van der Waals surface area contributed by atoms with Crippen LogP contribution in [0.2, 0.25) is 0 Å². The van der Waals surface area contributed by atoms with Gasteiger partial charge >= 0.3 is 0 Å². The summed E-state index contributed by atoms with van der Waals surface area (Å²) in [5, 5.41) is 8.67. The Hall–Kier alpha value is -2.13. The molecule has 0 atom stereocenters. The van der Waals surface area contributed by atoms with Crippen molar-refractivity contribution < 1.29 is 4.79 Å². The van der Waals surface area contributed by atoms with Crippen LogP contribution in [0.1, 0.15) is 54.3 Å². The van der Waals surface area contributed by atoms with Gasteiger partial charge < -0.3 is 5.32 Å². The Balaban J connectivity index is 1.45. The number of amides is 1. The lowest BCUT2D eigenvalue weighted by Gasteiger charge is -2.18. The molecule has 3 heterocycles. The highest BCUT2D eigenvalue weighted by molar-refractivity contribution is 7.99. The van der Waals surface area contributed by atoms with E-state index in [1.807, 2.05) is 17.6 Å². The molecule has 1 amide bonds. The van der Waals surface area contributed by atoms with E-state index in [-0.39, 0.29) is 23.3 Å². The minimum Gasteiger partial charge on any atom is -0.310 e. The minimum atomic E-state index is -0.121. The van der Waals surface area contributed by atoms with Gasteiger partial charge in [-0.3, -0.25) is 18.8 Å². The first-order chi connectivity index (χ1) is 14.5. The number of carbonyl (C=O) groups is 1. The minimum absolute atomic E-state index is 0.0940. The number of hydrogen-bond donors (Lipinski definition) is 1. The SMILES string of the molecule is Cc1cc(NC(=O)CSc2nc3sc4c(c3c(=O)n2C2CCCC2)CCC4)n(C)n1. The van der Waals surface area contributed by atoms with Gasteiger partial charge in [0.05, 0.1) is 16.8 Å². The first-order valence-corrected chi connectivity index (χ1v) is 12.3. The summed E-state index contributed by atoms with van der Waals surface area (Å²) in [6.07, 6.45) is 7.46. The quantitative estimate of drug-likeness (QED) is 0.479. The van der Waals surface area contributed by atoms with Gasteiger partial charge in [-0.25, -0.2) is 4.98 Å². The fourth-order valence-electron chi connectivity index (χ4n) is 4.66. The van der Waals surface area contributed by atoms with Crippen LogP contribution in [0.5, 0.6) is 0 Å². The molecular weight excluding hydrogens is 418 g/mol. The predicted molar refractivity (Wildman–Crippen MR) is 121 cm³/mol. The van der Waals surface area contributed by atoms with Crippen LogP contribution in [0.15, 0.2) is 16.0 Å². The van der Waals surface area contributed by atoms with E-state index in [0.29, 0.717) is 11.0 Å². The summed E-state index contributed by atoms with van der Waals surface area (Å²) in [7, 11) is 1.80. The molecule has 0 aliphatic heterocycles. The summed E-state index contributed by atoms with van der Waals surface area (Å²) in [5.74, 6) is 0.758. The van der Waals surface area contributed by atoms with Crippen LogP contribution in [-0.2, 0) is 24.7 Å². The number of aromatic nitrogens is 4. The van der Waals surface area contributed by atoms with Gasteiger partial charge in [-0.15, -0.1) is 11.3 Å². The Morgan fingerprint density at radius 3 is 2.83 bits per heavy atom. The summed E-state index contributed by atoms with van der Waals surface area (Å²) in [5.41, 5.74) is 2.17. The fraction of sp³-hybridized carbons (Fsp3) is 0.524. The fourth-order valence-corrected chi connectivity index (χ4v) is 6.83. The number of carbonyl (C=O) groups excluding carboxylic acids is 1. The van der Waals surface area contributed by atoms with Crippen molar-refractivity contribution in [1.82, 2.24) is 19.3 Å². The Morgan fingerprint density at radius 1 is 1.30 bits per heavy atom. The summed E-state index contributed by atoms with van der Waals surface area (Å²) in [6.45, 7) is 1.89. The number of thiophene rings is 1. The number of anilines is 1. The second kappa shape index (κ2) is 7.85. The monoisotopic (exact) mass is 443 g/mol. The Morgan fingerprint density at radius 2 is 2.10 bits per heavy atom. The highest BCUT2D eigenvalue weighted by Gasteiger charge is 2.27. The topological polar surface area (TPSA) is 81.8 Å². The maximum Gasteiger partial charge on any atom is 0.263 e. The first-order valence-electron chi connectivity index (χ1n) is 10.5.